The van der Waals surface area contributed by atoms with Crippen molar-refractivity contribution < 1.29 is 4.79 Å². The average molecular weight is 317 g/mol. The number of halogens is 1. The Balaban J connectivity index is 1.71. The van der Waals surface area contributed by atoms with Crippen LogP contribution in [0, 0.1) is 0 Å². The van der Waals surface area contributed by atoms with Gasteiger partial charge in [-0.15, -0.1) is 0 Å². The Labute approximate surface area is 120 Å². The molecule has 0 radical (unpaired) electrons. The fourth-order valence-corrected chi connectivity index (χ4v) is 2.90. The standard InChI is InChI=1S/C15H13BrN2O/c16-13-6-3-7-17-14(13)15(19)18-12-8-10-4-1-2-5-11(10)9-12/h1-7,12H,8-9H2,(H,18,19). The number of hydrogen-bond acceptors (Lipinski definition) is 2. The SMILES string of the molecule is O=C(NC1Cc2ccccc2C1)c1ncccc1Br. The summed E-state index contributed by atoms with van der Waals surface area (Å²) in [5, 5.41) is 3.05. The molecule has 96 valence electrons. The van der Waals surface area contributed by atoms with Crippen LogP contribution in [-0.4, -0.2) is 16.9 Å². The second-order valence-electron chi connectivity index (χ2n) is 4.68. The van der Waals surface area contributed by atoms with E-state index in [0.717, 1.165) is 17.3 Å². The van der Waals surface area contributed by atoms with Crippen molar-refractivity contribution in [3.8, 4) is 0 Å². The highest BCUT2D eigenvalue weighted by molar-refractivity contribution is 9.10. The molecule has 2 aromatic rings. The summed E-state index contributed by atoms with van der Waals surface area (Å²) in [4.78, 5) is 16.3. The molecule has 19 heavy (non-hydrogen) atoms. The molecular formula is C15H13BrN2O. The van der Waals surface area contributed by atoms with Crippen molar-refractivity contribution in [3.05, 3.63) is 63.9 Å². The van der Waals surface area contributed by atoms with Crippen LogP contribution < -0.4 is 5.32 Å². The summed E-state index contributed by atoms with van der Waals surface area (Å²) in [7, 11) is 0. The Morgan fingerprint density at radius 3 is 2.47 bits per heavy atom. The number of carbonyl (C=O) groups is 1. The first-order chi connectivity index (χ1) is 9.24. The topological polar surface area (TPSA) is 42.0 Å². The normalized spacial score (nSPS) is 14.2. The summed E-state index contributed by atoms with van der Waals surface area (Å²) < 4.78 is 0.725. The van der Waals surface area contributed by atoms with Crippen LogP contribution >= 0.6 is 15.9 Å². The number of nitrogens with zero attached hydrogens (tertiary/aromatic N) is 1. The van der Waals surface area contributed by atoms with Gasteiger partial charge in [0.1, 0.15) is 5.69 Å². The predicted octanol–water partition coefficient (Wildman–Crippen LogP) is 2.74. The van der Waals surface area contributed by atoms with Crippen LogP contribution in [0.5, 0.6) is 0 Å². The van der Waals surface area contributed by atoms with Gasteiger partial charge in [-0.1, -0.05) is 24.3 Å². The molecule has 0 unspecified atom stereocenters. The number of benzene rings is 1. The van der Waals surface area contributed by atoms with Crippen molar-refractivity contribution in [1.29, 1.82) is 0 Å². The molecule has 4 heteroatoms. The molecule has 0 bridgehead atoms. The smallest absolute Gasteiger partial charge is 0.271 e. The number of carbonyl (C=O) groups excluding carboxylic acids is 1. The number of nitrogens with one attached hydrogen (secondary N) is 1. The van der Waals surface area contributed by atoms with Gasteiger partial charge in [-0.25, -0.2) is 4.98 Å². The first kappa shape index (κ1) is 12.4. The summed E-state index contributed by atoms with van der Waals surface area (Å²) in [6.45, 7) is 0. The van der Waals surface area contributed by atoms with Crippen LogP contribution in [0.4, 0.5) is 0 Å². The molecule has 3 rings (SSSR count). The summed E-state index contributed by atoms with van der Waals surface area (Å²) in [6.07, 6.45) is 3.42. The van der Waals surface area contributed by atoms with Gasteiger partial charge in [0.05, 0.1) is 0 Å². The lowest BCUT2D eigenvalue weighted by Crippen LogP contribution is -2.35. The minimum absolute atomic E-state index is 0.120. The fraction of sp³-hybridized carbons (Fsp3) is 0.200. The van der Waals surface area contributed by atoms with Crippen molar-refractivity contribution in [2.45, 2.75) is 18.9 Å². The molecule has 0 aliphatic heterocycles. The molecule has 1 N–H and O–H groups in total. The highest BCUT2D eigenvalue weighted by Gasteiger charge is 2.23. The van der Waals surface area contributed by atoms with Crippen molar-refractivity contribution in [3.63, 3.8) is 0 Å². The Bertz CT molecular complexity index is 602. The van der Waals surface area contributed by atoms with Crippen molar-refractivity contribution in [2.24, 2.45) is 0 Å². The second-order valence-corrected chi connectivity index (χ2v) is 5.54. The van der Waals surface area contributed by atoms with Crippen LogP contribution in [0.25, 0.3) is 0 Å². The zero-order valence-electron chi connectivity index (χ0n) is 10.3. The molecule has 1 aromatic heterocycles. The highest BCUT2D eigenvalue weighted by Crippen LogP contribution is 2.22. The third-order valence-corrected chi connectivity index (χ3v) is 4.00. The van der Waals surface area contributed by atoms with E-state index in [2.05, 4.69) is 38.4 Å². The van der Waals surface area contributed by atoms with Gasteiger partial charge >= 0.3 is 0 Å². The highest BCUT2D eigenvalue weighted by atomic mass is 79.9. The quantitative estimate of drug-likeness (QED) is 0.925. The number of fused-ring (bicyclic) bond motifs is 1. The first-order valence-corrected chi connectivity index (χ1v) is 7.01. The maximum Gasteiger partial charge on any atom is 0.271 e. The van der Waals surface area contributed by atoms with E-state index in [1.165, 1.54) is 11.1 Å². The first-order valence-electron chi connectivity index (χ1n) is 6.22. The zero-order chi connectivity index (χ0) is 13.2. The van der Waals surface area contributed by atoms with Crippen LogP contribution in [0.2, 0.25) is 0 Å². The molecule has 1 amide bonds. The number of amides is 1. The van der Waals surface area contributed by atoms with Gasteiger partial charge in [-0.05, 0) is 52.0 Å². The van der Waals surface area contributed by atoms with E-state index in [1.807, 2.05) is 18.2 Å². The van der Waals surface area contributed by atoms with E-state index >= 15 is 0 Å². The van der Waals surface area contributed by atoms with Crippen LogP contribution in [0.15, 0.2) is 47.1 Å². The van der Waals surface area contributed by atoms with E-state index in [-0.39, 0.29) is 11.9 Å². The van der Waals surface area contributed by atoms with E-state index < -0.39 is 0 Å². The third kappa shape index (κ3) is 2.54. The minimum Gasteiger partial charge on any atom is -0.347 e. The number of hydrogen-bond donors (Lipinski definition) is 1. The number of aromatic nitrogens is 1. The maximum absolute atomic E-state index is 12.2. The molecule has 0 saturated heterocycles. The van der Waals surface area contributed by atoms with Gasteiger partial charge in [0.15, 0.2) is 0 Å². The summed E-state index contributed by atoms with van der Waals surface area (Å²) in [5.41, 5.74) is 3.10. The van der Waals surface area contributed by atoms with Gasteiger partial charge in [-0.2, -0.15) is 0 Å². The molecule has 0 saturated carbocycles. The van der Waals surface area contributed by atoms with Crippen molar-refractivity contribution >= 4 is 21.8 Å². The lowest BCUT2D eigenvalue weighted by molar-refractivity contribution is 0.0932. The van der Waals surface area contributed by atoms with Gasteiger partial charge in [0, 0.05) is 16.7 Å². The summed E-state index contributed by atoms with van der Waals surface area (Å²) in [6, 6.07) is 12.1. The van der Waals surface area contributed by atoms with Crippen molar-refractivity contribution in [1.82, 2.24) is 10.3 Å². The molecule has 0 fully saturated rings. The Morgan fingerprint density at radius 2 is 1.84 bits per heavy atom. The molecule has 1 heterocycles. The largest absolute Gasteiger partial charge is 0.347 e. The lowest BCUT2D eigenvalue weighted by Gasteiger charge is -2.12. The van der Waals surface area contributed by atoms with E-state index in [4.69, 9.17) is 0 Å². The molecule has 1 aliphatic carbocycles. The lowest BCUT2D eigenvalue weighted by atomic mass is 10.1. The van der Waals surface area contributed by atoms with Crippen molar-refractivity contribution in [2.75, 3.05) is 0 Å². The summed E-state index contributed by atoms with van der Waals surface area (Å²) >= 11 is 3.35. The molecule has 3 nitrogen and oxygen atoms in total. The molecule has 1 aromatic carbocycles. The minimum atomic E-state index is -0.120. The van der Waals surface area contributed by atoms with Gasteiger partial charge < -0.3 is 5.32 Å². The number of rotatable bonds is 2. The van der Waals surface area contributed by atoms with Crippen LogP contribution in [-0.2, 0) is 12.8 Å². The maximum atomic E-state index is 12.2. The zero-order valence-corrected chi connectivity index (χ0v) is 11.9. The van der Waals surface area contributed by atoms with Crippen LogP contribution in [0.3, 0.4) is 0 Å². The van der Waals surface area contributed by atoms with Gasteiger partial charge in [-0.3, -0.25) is 4.79 Å². The molecular weight excluding hydrogens is 304 g/mol. The number of pyridine rings is 1. The third-order valence-electron chi connectivity index (χ3n) is 3.36. The summed E-state index contributed by atoms with van der Waals surface area (Å²) in [5.74, 6) is -0.120. The van der Waals surface area contributed by atoms with E-state index in [9.17, 15) is 4.79 Å². The van der Waals surface area contributed by atoms with Gasteiger partial charge in [0.25, 0.3) is 5.91 Å². The Kier molecular flexibility index (Phi) is 3.34. The van der Waals surface area contributed by atoms with Gasteiger partial charge in [0.2, 0.25) is 0 Å². The average Bonchev–Trinajstić information content (AvgIpc) is 2.81. The molecule has 0 atom stereocenters. The predicted molar refractivity (Wildman–Crippen MR) is 77.0 cm³/mol. The molecule has 0 spiro atoms. The van der Waals surface area contributed by atoms with E-state index in [1.54, 1.807) is 12.3 Å². The monoisotopic (exact) mass is 316 g/mol. The fourth-order valence-electron chi connectivity index (χ4n) is 2.47. The Hall–Kier alpha value is -1.68. The second kappa shape index (κ2) is 5.13. The Morgan fingerprint density at radius 1 is 1.16 bits per heavy atom. The molecule has 1 aliphatic rings. The van der Waals surface area contributed by atoms with E-state index in [0.29, 0.717) is 5.69 Å². The van der Waals surface area contributed by atoms with Crippen LogP contribution in [0.1, 0.15) is 21.6 Å².